The molecule has 0 saturated carbocycles. The van der Waals surface area contributed by atoms with Crippen molar-refractivity contribution >= 4 is 46.5 Å². The fourth-order valence-corrected chi connectivity index (χ4v) is 1.65. The van der Waals surface area contributed by atoms with Crippen molar-refractivity contribution in [2.24, 2.45) is 0 Å². The minimum atomic E-state index is -1.71. The molecule has 0 unspecified atom stereocenters. The summed E-state index contributed by atoms with van der Waals surface area (Å²) < 4.78 is 3.14. The van der Waals surface area contributed by atoms with Gasteiger partial charge in [0.25, 0.3) is 0 Å². The van der Waals surface area contributed by atoms with E-state index in [0.29, 0.717) is 5.69 Å². The molecule has 0 bridgehead atoms. The number of ether oxygens (including phenoxy) is 1. The summed E-state index contributed by atoms with van der Waals surface area (Å²) in [4.78, 5) is 11.6. The number of esters is 1. The van der Waals surface area contributed by atoms with Gasteiger partial charge < -0.3 is 10.5 Å². The molecular formula is C10H10Cl3NO2. The van der Waals surface area contributed by atoms with Gasteiger partial charge in [0.15, 0.2) is 0 Å². The molecule has 6 heteroatoms. The third-order valence-electron chi connectivity index (χ3n) is 1.84. The van der Waals surface area contributed by atoms with Crippen LogP contribution in [0.4, 0.5) is 5.69 Å². The third kappa shape index (κ3) is 3.17. The van der Waals surface area contributed by atoms with E-state index in [2.05, 4.69) is 0 Å². The van der Waals surface area contributed by atoms with E-state index >= 15 is 0 Å². The second kappa shape index (κ2) is 5.13. The molecule has 88 valence electrons. The highest BCUT2D eigenvalue weighted by atomic mass is 35.6. The quantitative estimate of drug-likeness (QED) is 0.514. The molecule has 0 aliphatic rings. The summed E-state index contributed by atoms with van der Waals surface area (Å²) in [5.41, 5.74) is 6.40. The van der Waals surface area contributed by atoms with Gasteiger partial charge in [0.05, 0.1) is 12.2 Å². The van der Waals surface area contributed by atoms with Crippen LogP contribution < -0.4 is 5.73 Å². The van der Waals surface area contributed by atoms with Gasteiger partial charge in [-0.1, -0.05) is 34.8 Å². The van der Waals surface area contributed by atoms with Gasteiger partial charge >= 0.3 is 5.97 Å². The number of benzene rings is 1. The molecule has 16 heavy (non-hydrogen) atoms. The molecule has 0 saturated heterocycles. The van der Waals surface area contributed by atoms with Crippen LogP contribution in [0.2, 0.25) is 0 Å². The summed E-state index contributed by atoms with van der Waals surface area (Å²) in [7, 11) is 0. The predicted molar refractivity (Wildman–Crippen MR) is 66.0 cm³/mol. The molecule has 0 aromatic heterocycles. The number of alkyl halides is 3. The fourth-order valence-electron chi connectivity index (χ4n) is 1.18. The zero-order chi connectivity index (χ0) is 12.3. The monoisotopic (exact) mass is 281 g/mol. The molecule has 1 rings (SSSR count). The van der Waals surface area contributed by atoms with Crippen LogP contribution in [0.15, 0.2) is 18.2 Å². The molecule has 2 N–H and O–H groups in total. The van der Waals surface area contributed by atoms with Gasteiger partial charge in [0.1, 0.15) is 0 Å². The number of hydrogen-bond acceptors (Lipinski definition) is 3. The Bertz CT molecular complexity index is 402. The lowest BCUT2D eigenvalue weighted by molar-refractivity contribution is 0.0525. The lowest BCUT2D eigenvalue weighted by atomic mass is 10.1. The number of rotatable bonds is 2. The van der Waals surface area contributed by atoms with Gasteiger partial charge in [-0.25, -0.2) is 4.79 Å². The maximum atomic E-state index is 11.6. The number of carbonyl (C=O) groups excluding carboxylic acids is 1. The molecule has 0 fully saturated rings. The Kier molecular flexibility index (Phi) is 4.30. The van der Waals surface area contributed by atoms with Crippen LogP contribution in [-0.2, 0) is 8.53 Å². The lowest BCUT2D eigenvalue weighted by Crippen LogP contribution is -2.13. The van der Waals surface area contributed by atoms with Gasteiger partial charge in [-0.2, -0.15) is 0 Å². The predicted octanol–water partition coefficient (Wildman–Crippen LogP) is 3.27. The number of halogens is 3. The van der Waals surface area contributed by atoms with Crippen molar-refractivity contribution in [1.82, 2.24) is 0 Å². The number of nitrogens with two attached hydrogens (primary N) is 1. The van der Waals surface area contributed by atoms with Gasteiger partial charge in [0.2, 0.25) is 3.79 Å². The fraction of sp³-hybridized carbons (Fsp3) is 0.300. The molecule has 0 spiro atoms. The van der Waals surface area contributed by atoms with Crippen LogP contribution >= 0.6 is 34.8 Å². The van der Waals surface area contributed by atoms with Crippen molar-refractivity contribution in [3.8, 4) is 0 Å². The van der Waals surface area contributed by atoms with Crippen molar-refractivity contribution in [3.63, 3.8) is 0 Å². The van der Waals surface area contributed by atoms with Crippen molar-refractivity contribution in [1.29, 1.82) is 0 Å². The first kappa shape index (κ1) is 13.4. The van der Waals surface area contributed by atoms with E-state index in [1.165, 1.54) is 12.1 Å². The molecule has 0 amide bonds. The van der Waals surface area contributed by atoms with E-state index in [0.717, 1.165) is 0 Å². The van der Waals surface area contributed by atoms with Crippen molar-refractivity contribution < 1.29 is 9.53 Å². The Labute approximate surface area is 108 Å². The minimum Gasteiger partial charge on any atom is -0.462 e. The summed E-state index contributed by atoms with van der Waals surface area (Å²) >= 11 is 17.2. The Morgan fingerprint density at radius 1 is 1.44 bits per heavy atom. The maximum Gasteiger partial charge on any atom is 0.338 e. The number of carbonyl (C=O) groups is 1. The van der Waals surface area contributed by atoms with Crippen LogP contribution in [0.1, 0.15) is 22.8 Å². The molecule has 1 aromatic carbocycles. The topological polar surface area (TPSA) is 52.3 Å². The largest absolute Gasteiger partial charge is 0.462 e. The van der Waals surface area contributed by atoms with E-state index in [1.54, 1.807) is 13.0 Å². The SMILES string of the molecule is CCOC(=O)c1ccc(N)cc1C(Cl)(Cl)Cl. The van der Waals surface area contributed by atoms with Gasteiger partial charge in [-0.15, -0.1) is 0 Å². The minimum absolute atomic E-state index is 0.205. The average molecular weight is 283 g/mol. The first-order valence-electron chi connectivity index (χ1n) is 4.50. The first-order chi connectivity index (χ1) is 7.36. The standard InChI is InChI=1S/C10H10Cl3NO2/c1-2-16-9(15)7-4-3-6(14)5-8(7)10(11,12)13/h3-5H,2,14H2,1H3. The van der Waals surface area contributed by atoms with Crippen LogP contribution in [0.25, 0.3) is 0 Å². The molecule has 0 aliphatic heterocycles. The Hall–Kier alpha value is -0.640. The molecular weight excluding hydrogens is 272 g/mol. The Morgan fingerprint density at radius 2 is 2.06 bits per heavy atom. The maximum absolute atomic E-state index is 11.6. The Morgan fingerprint density at radius 3 is 2.56 bits per heavy atom. The van der Waals surface area contributed by atoms with E-state index in [4.69, 9.17) is 45.3 Å². The van der Waals surface area contributed by atoms with E-state index in [-0.39, 0.29) is 17.7 Å². The van der Waals surface area contributed by atoms with Crippen LogP contribution in [0.5, 0.6) is 0 Å². The second-order valence-electron chi connectivity index (χ2n) is 3.02. The summed E-state index contributed by atoms with van der Waals surface area (Å²) in [6.07, 6.45) is 0. The molecule has 0 radical (unpaired) electrons. The normalized spacial score (nSPS) is 11.2. The van der Waals surface area contributed by atoms with Crippen molar-refractivity contribution in [2.75, 3.05) is 12.3 Å². The molecule has 0 atom stereocenters. The summed E-state index contributed by atoms with van der Waals surface area (Å²) in [5.74, 6) is -0.538. The average Bonchev–Trinajstić information content (AvgIpc) is 2.16. The van der Waals surface area contributed by atoms with Crippen LogP contribution in [0, 0.1) is 0 Å². The van der Waals surface area contributed by atoms with Crippen LogP contribution in [0.3, 0.4) is 0 Å². The number of anilines is 1. The summed E-state index contributed by atoms with van der Waals surface area (Å²) in [6.45, 7) is 1.95. The smallest absolute Gasteiger partial charge is 0.338 e. The lowest BCUT2D eigenvalue weighted by Gasteiger charge is -2.16. The van der Waals surface area contributed by atoms with Gasteiger partial charge in [-0.3, -0.25) is 0 Å². The van der Waals surface area contributed by atoms with Crippen molar-refractivity contribution in [3.05, 3.63) is 29.3 Å². The highest BCUT2D eigenvalue weighted by molar-refractivity contribution is 6.67. The molecule has 0 heterocycles. The Balaban J connectivity index is 3.23. The highest BCUT2D eigenvalue weighted by Gasteiger charge is 2.29. The van der Waals surface area contributed by atoms with Crippen molar-refractivity contribution in [2.45, 2.75) is 10.7 Å². The molecule has 0 aliphatic carbocycles. The summed E-state index contributed by atoms with van der Waals surface area (Å²) in [5, 5.41) is 0. The second-order valence-corrected chi connectivity index (χ2v) is 5.30. The summed E-state index contributed by atoms with van der Waals surface area (Å²) in [6, 6.07) is 4.47. The molecule has 3 nitrogen and oxygen atoms in total. The number of nitrogen functional groups attached to an aromatic ring is 1. The zero-order valence-corrected chi connectivity index (χ0v) is 10.7. The van der Waals surface area contributed by atoms with E-state index < -0.39 is 9.76 Å². The zero-order valence-electron chi connectivity index (χ0n) is 8.47. The van der Waals surface area contributed by atoms with Crippen LogP contribution in [-0.4, -0.2) is 12.6 Å². The van der Waals surface area contributed by atoms with E-state index in [9.17, 15) is 4.79 Å². The van der Waals surface area contributed by atoms with E-state index in [1.807, 2.05) is 0 Å². The van der Waals surface area contributed by atoms with Gasteiger partial charge in [-0.05, 0) is 25.1 Å². The van der Waals surface area contributed by atoms with Gasteiger partial charge in [0, 0.05) is 11.3 Å². The first-order valence-corrected chi connectivity index (χ1v) is 5.63. The third-order valence-corrected chi connectivity index (χ3v) is 2.46. The molecule has 1 aromatic rings. The number of hydrogen-bond donors (Lipinski definition) is 1. The highest BCUT2D eigenvalue weighted by Crippen LogP contribution is 2.40.